The van der Waals surface area contributed by atoms with Gasteiger partial charge in [0.2, 0.25) is 11.0 Å². The number of aryl methyl sites for hydroxylation is 1. The minimum Gasteiger partial charge on any atom is -0.494 e. The van der Waals surface area contributed by atoms with Crippen LogP contribution in [0.3, 0.4) is 0 Å². The molecule has 0 aliphatic rings. The van der Waals surface area contributed by atoms with E-state index in [1.54, 1.807) is 19.2 Å². The molecule has 0 atom stereocenters. The largest absolute Gasteiger partial charge is 0.494 e. The van der Waals surface area contributed by atoms with Gasteiger partial charge in [0.25, 0.3) is 0 Å². The first-order valence-corrected chi connectivity index (χ1v) is 9.74. The molecule has 26 heavy (non-hydrogen) atoms. The van der Waals surface area contributed by atoms with Crippen LogP contribution < -0.4 is 15.6 Å². The molecule has 0 unspecified atom stereocenters. The van der Waals surface area contributed by atoms with E-state index in [1.807, 2.05) is 19.1 Å². The van der Waals surface area contributed by atoms with Gasteiger partial charge in [-0.1, -0.05) is 17.4 Å². The molecule has 136 valence electrons. The molecule has 1 heterocycles. The highest BCUT2D eigenvalue weighted by Crippen LogP contribution is 2.34. The number of ether oxygens (including phenoxy) is 1. The van der Waals surface area contributed by atoms with Crippen LogP contribution in [0.4, 0.5) is 9.52 Å². The Kier molecular flexibility index (Phi) is 5.95. The van der Waals surface area contributed by atoms with Gasteiger partial charge in [-0.15, -0.1) is 11.8 Å². The van der Waals surface area contributed by atoms with Crippen molar-refractivity contribution in [1.82, 2.24) is 10.4 Å². The second-order valence-electron chi connectivity index (χ2n) is 5.51. The summed E-state index contributed by atoms with van der Waals surface area (Å²) in [5, 5.41) is 0.604. The third-order valence-electron chi connectivity index (χ3n) is 3.64. The van der Waals surface area contributed by atoms with Crippen molar-refractivity contribution in [1.29, 1.82) is 0 Å². The maximum absolute atomic E-state index is 12.9. The van der Waals surface area contributed by atoms with Crippen LogP contribution in [-0.4, -0.2) is 23.8 Å². The van der Waals surface area contributed by atoms with Crippen LogP contribution in [0.1, 0.15) is 12.0 Å². The summed E-state index contributed by atoms with van der Waals surface area (Å²) in [6, 6.07) is 10.1. The van der Waals surface area contributed by atoms with Gasteiger partial charge in [-0.05, 0) is 42.8 Å². The number of nitrogens with zero attached hydrogens (tertiary/aromatic N) is 1. The molecule has 0 fully saturated rings. The lowest BCUT2D eigenvalue weighted by Crippen LogP contribution is -2.29. The molecular weight excluding hydrogens is 373 g/mol. The standard InChI is InChI=1S/C18H18FN3O2S2/c1-11-3-8-14(24-2)16-17(11)26-18(20-16)22-21-15(23)9-10-25-13-6-4-12(19)5-7-13/h3-8H,9-10H2,1-2H3,(H,20,22)(H,21,23). The fourth-order valence-electron chi connectivity index (χ4n) is 2.31. The average molecular weight is 391 g/mol. The van der Waals surface area contributed by atoms with Crippen LogP contribution in [-0.2, 0) is 4.79 Å². The Bertz CT molecular complexity index is 913. The van der Waals surface area contributed by atoms with E-state index in [-0.39, 0.29) is 11.7 Å². The zero-order valence-electron chi connectivity index (χ0n) is 14.3. The van der Waals surface area contributed by atoms with Crippen LogP contribution in [0.15, 0.2) is 41.3 Å². The molecule has 3 rings (SSSR count). The molecule has 0 radical (unpaired) electrons. The summed E-state index contributed by atoms with van der Waals surface area (Å²) in [6.45, 7) is 2.01. The maximum atomic E-state index is 12.9. The van der Waals surface area contributed by atoms with Gasteiger partial charge >= 0.3 is 0 Å². The SMILES string of the molecule is COc1ccc(C)c2sc(NNC(=O)CCSc3ccc(F)cc3)nc12. The van der Waals surface area contributed by atoms with Gasteiger partial charge in [0.1, 0.15) is 17.1 Å². The van der Waals surface area contributed by atoms with Gasteiger partial charge in [-0.2, -0.15) is 0 Å². The van der Waals surface area contributed by atoms with Crippen LogP contribution in [0.2, 0.25) is 0 Å². The number of carbonyl (C=O) groups is 1. The van der Waals surface area contributed by atoms with E-state index in [2.05, 4.69) is 15.8 Å². The summed E-state index contributed by atoms with van der Waals surface area (Å²) in [5.41, 5.74) is 7.40. The Morgan fingerprint density at radius 3 is 2.77 bits per heavy atom. The van der Waals surface area contributed by atoms with Crippen LogP contribution >= 0.6 is 23.1 Å². The predicted octanol–water partition coefficient (Wildman–Crippen LogP) is 4.38. The number of halogens is 1. The van der Waals surface area contributed by atoms with Crippen molar-refractivity contribution < 1.29 is 13.9 Å². The van der Waals surface area contributed by atoms with E-state index in [0.717, 1.165) is 20.7 Å². The van der Waals surface area contributed by atoms with Crippen molar-refractivity contribution in [3.8, 4) is 5.75 Å². The number of thioether (sulfide) groups is 1. The fourth-order valence-corrected chi connectivity index (χ4v) is 4.06. The third kappa shape index (κ3) is 4.44. The van der Waals surface area contributed by atoms with E-state index in [9.17, 15) is 9.18 Å². The monoisotopic (exact) mass is 391 g/mol. The van der Waals surface area contributed by atoms with Crippen LogP contribution in [0.5, 0.6) is 5.75 Å². The number of fused-ring (bicyclic) bond motifs is 1. The minimum absolute atomic E-state index is 0.137. The molecule has 5 nitrogen and oxygen atoms in total. The Hall–Kier alpha value is -2.32. The molecule has 1 aromatic heterocycles. The third-order valence-corrected chi connectivity index (χ3v) is 5.76. The Morgan fingerprint density at radius 1 is 1.27 bits per heavy atom. The highest BCUT2D eigenvalue weighted by molar-refractivity contribution is 7.99. The van der Waals surface area contributed by atoms with Gasteiger partial charge in [-0.25, -0.2) is 9.37 Å². The highest BCUT2D eigenvalue weighted by atomic mass is 32.2. The number of thiazole rings is 1. The summed E-state index contributed by atoms with van der Waals surface area (Å²) in [7, 11) is 1.61. The number of hydrogen-bond donors (Lipinski definition) is 2. The summed E-state index contributed by atoms with van der Waals surface area (Å²) >= 11 is 2.96. The first-order chi connectivity index (χ1) is 12.6. The van der Waals surface area contributed by atoms with E-state index in [1.165, 1.54) is 35.2 Å². The zero-order chi connectivity index (χ0) is 18.5. The second-order valence-corrected chi connectivity index (χ2v) is 7.67. The second kappa shape index (κ2) is 8.37. The van der Waals surface area contributed by atoms with Crippen molar-refractivity contribution in [2.24, 2.45) is 0 Å². The summed E-state index contributed by atoms with van der Waals surface area (Å²) in [5.74, 6) is 0.907. The van der Waals surface area contributed by atoms with Crippen molar-refractivity contribution in [2.75, 3.05) is 18.3 Å². The lowest BCUT2D eigenvalue weighted by Gasteiger charge is -2.05. The normalized spacial score (nSPS) is 10.7. The Balaban J connectivity index is 1.52. The molecule has 0 saturated carbocycles. The number of amides is 1. The average Bonchev–Trinajstić information content (AvgIpc) is 3.07. The molecular formula is C18H18FN3O2S2. The van der Waals surface area contributed by atoms with E-state index in [4.69, 9.17) is 4.74 Å². The van der Waals surface area contributed by atoms with Gasteiger partial charge < -0.3 is 4.74 Å². The first-order valence-electron chi connectivity index (χ1n) is 7.94. The molecule has 1 amide bonds. The summed E-state index contributed by atoms with van der Waals surface area (Å²) in [4.78, 5) is 17.4. The smallest absolute Gasteiger partial charge is 0.239 e. The molecule has 0 aliphatic carbocycles. The van der Waals surface area contributed by atoms with Crippen molar-refractivity contribution in [2.45, 2.75) is 18.2 Å². The molecule has 3 aromatic rings. The molecule has 2 N–H and O–H groups in total. The quantitative estimate of drug-likeness (QED) is 0.462. The first kappa shape index (κ1) is 18.5. The van der Waals surface area contributed by atoms with Gasteiger partial charge in [0.05, 0.1) is 11.8 Å². The number of methoxy groups -OCH3 is 1. The Morgan fingerprint density at radius 2 is 2.04 bits per heavy atom. The van der Waals surface area contributed by atoms with E-state index < -0.39 is 0 Å². The molecule has 2 aromatic carbocycles. The number of anilines is 1. The number of hydrazine groups is 1. The number of nitrogens with one attached hydrogen (secondary N) is 2. The van der Waals surface area contributed by atoms with Gasteiger partial charge in [0.15, 0.2) is 0 Å². The zero-order valence-corrected chi connectivity index (χ0v) is 16.0. The van der Waals surface area contributed by atoms with Crippen LogP contribution in [0.25, 0.3) is 10.2 Å². The number of benzene rings is 2. The summed E-state index contributed by atoms with van der Waals surface area (Å²) < 4.78 is 19.2. The molecule has 0 spiro atoms. The number of carbonyl (C=O) groups excluding carboxylic acids is 1. The fraction of sp³-hybridized carbons (Fsp3) is 0.222. The highest BCUT2D eigenvalue weighted by Gasteiger charge is 2.11. The molecule has 0 bridgehead atoms. The van der Waals surface area contributed by atoms with Crippen molar-refractivity contribution in [3.63, 3.8) is 0 Å². The molecule has 8 heteroatoms. The Labute approximate surface area is 158 Å². The summed E-state index contributed by atoms with van der Waals surface area (Å²) in [6.07, 6.45) is 0.336. The lowest BCUT2D eigenvalue weighted by atomic mass is 10.2. The van der Waals surface area contributed by atoms with E-state index >= 15 is 0 Å². The molecule has 0 saturated heterocycles. The molecule has 0 aliphatic heterocycles. The minimum atomic E-state index is -0.265. The lowest BCUT2D eigenvalue weighted by molar-refractivity contribution is -0.120. The van der Waals surface area contributed by atoms with Gasteiger partial charge in [0, 0.05) is 17.1 Å². The number of aromatic nitrogens is 1. The maximum Gasteiger partial charge on any atom is 0.239 e. The topological polar surface area (TPSA) is 63.2 Å². The van der Waals surface area contributed by atoms with Crippen LogP contribution in [0, 0.1) is 12.7 Å². The number of hydrogen-bond acceptors (Lipinski definition) is 6. The van der Waals surface area contributed by atoms with Crippen molar-refractivity contribution >= 4 is 44.4 Å². The van der Waals surface area contributed by atoms with Gasteiger partial charge in [-0.3, -0.25) is 15.6 Å². The predicted molar refractivity (Wildman–Crippen MR) is 104 cm³/mol. The van der Waals surface area contributed by atoms with E-state index in [0.29, 0.717) is 23.1 Å². The van der Waals surface area contributed by atoms with Crippen molar-refractivity contribution in [3.05, 3.63) is 47.8 Å². The number of rotatable bonds is 7.